The molecule has 0 saturated heterocycles. The van der Waals surface area contributed by atoms with E-state index in [9.17, 15) is 0 Å². The van der Waals surface area contributed by atoms with Gasteiger partial charge in [-0.3, -0.25) is 0 Å². The van der Waals surface area contributed by atoms with Crippen LogP contribution in [0.5, 0.6) is 0 Å². The third-order valence-corrected chi connectivity index (χ3v) is 4.38. The Morgan fingerprint density at radius 3 is 2.26 bits per heavy atom. The molecule has 0 aromatic heterocycles. The maximum absolute atomic E-state index is 2.46. The Kier molecular flexibility index (Phi) is 5.24. The van der Waals surface area contributed by atoms with Crippen molar-refractivity contribution < 1.29 is 0 Å². The molecule has 0 N–H and O–H groups in total. The lowest BCUT2D eigenvalue weighted by atomic mass is 9.80. The lowest BCUT2D eigenvalue weighted by molar-refractivity contribution is 0.429. The molecule has 1 aliphatic rings. The Bertz CT molecular complexity index is 402. The van der Waals surface area contributed by atoms with Crippen molar-refractivity contribution in [3.63, 3.8) is 0 Å². The van der Waals surface area contributed by atoms with Crippen LogP contribution in [0.2, 0.25) is 0 Å². The van der Waals surface area contributed by atoms with Crippen molar-refractivity contribution in [2.24, 2.45) is 5.92 Å². The highest BCUT2D eigenvalue weighted by atomic mass is 14.2. The Balaban J connectivity index is 2.21. The number of rotatable bonds is 4. The maximum Gasteiger partial charge on any atom is -0.0159 e. The first-order chi connectivity index (χ1) is 9.22. The number of hydrogen-bond acceptors (Lipinski definition) is 0. The average molecular weight is 256 g/mol. The molecule has 0 nitrogen and oxygen atoms in total. The van der Waals surface area contributed by atoms with E-state index >= 15 is 0 Å². The van der Waals surface area contributed by atoms with Crippen LogP contribution >= 0.6 is 0 Å². The molecule has 1 aromatic carbocycles. The first kappa shape index (κ1) is 14.4. The molecule has 0 unspecified atom stereocenters. The maximum atomic E-state index is 2.46. The molecule has 2 rings (SSSR count). The molecule has 0 aliphatic heterocycles. The normalized spacial score (nSPS) is 18.0. The van der Waals surface area contributed by atoms with Gasteiger partial charge < -0.3 is 0 Å². The Morgan fingerprint density at radius 2 is 1.74 bits per heavy atom. The van der Waals surface area contributed by atoms with Crippen LogP contribution in [-0.4, -0.2) is 0 Å². The van der Waals surface area contributed by atoms with Gasteiger partial charge in [-0.05, 0) is 47.8 Å². The fourth-order valence-corrected chi connectivity index (χ4v) is 3.21. The van der Waals surface area contributed by atoms with Crippen molar-refractivity contribution in [1.29, 1.82) is 0 Å². The van der Waals surface area contributed by atoms with Crippen molar-refractivity contribution in [2.45, 2.75) is 65.2 Å². The van der Waals surface area contributed by atoms with Gasteiger partial charge in [-0.1, -0.05) is 70.4 Å². The Labute approximate surface area is 118 Å². The quantitative estimate of drug-likeness (QED) is 0.603. The lowest BCUT2D eigenvalue weighted by Crippen LogP contribution is -2.08. The second-order valence-electron chi connectivity index (χ2n) is 6.18. The molecule has 0 amide bonds. The third kappa shape index (κ3) is 3.72. The summed E-state index contributed by atoms with van der Waals surface area (Å²) in [5.74, 6) is 1.43. The number of allylic oxidation sites excluding steroid dienone is 2. The zero-order valence-corrected chi connectivity index (χ0v) is 12.8. The van der Waals surface area contributed by atoms with Gasteiger partial charge in [0.1, 0.15) is 0 Å². The van der Waals surface area contributed by atoms with Crippen LogP contribution in [0.1, 0.15) is 76.3 Å². The molecule has 0 radical (unpaired) electrons. The molecule has 1 fully saturated rings. The largest absolute Gasteiger partial charge is 0.0807 e. The van der Waals surface area contributed by atoms with E-state index in [0.717, 1.165) is 12.3 Å². The molecule has 0 heteroatoms. The molecule has 0 spiro atoms. The van der Waals surface area contributed by atoms with Gasteiger partial charge in [-0.15, -0.1) is 0 Å². The smallest absolute Gasteiger partial charge is 0.0159 e. The van der Waals surface area contributed by atoms with E-state index in [2.05, 4.69) is 51.1 Å². The highest BCUT2D eigenvalue weighted by molar-refractivity contribution is 5.67. The fraction of sp³-hybridized carbons (Fsp3) is 0.579. The summed E-state index contributed by atoms with van der Waals surface area (Å²) in [6, 6.07) is 9.30. The monoisotopic (exact) mass is 256 g/mol. The summed E-state index contributed by atoms with van der Waals surface area (Å²) in [6.07, 6.45) is 10.6. The summed E-state index contributed by atoms with van der Waals surface area (Å²) in [7, 11) is 0. The molecule has 1 saturated carbocycles. The summed E-state index contributed by atoms with van der Waals surface area (Å²) in [4.78, 5) is 0. The molecule has 0 atom stereocenters. The van der Waals surface area contributed by atoms with Crippen molar-refractivity contribution in [2.75, 3.05) is 0 Å². The van der Waals surface area contributed by atoms with Gasteiger partial charge in [0.05, 0.1) is 0 Å². The van der Waals surface area contributed by atoms with Crippen molar-refractivity contribution in [3.8, 4) is 0 Å². The standard InChI is InChI=1S/C19H28/c1-4-8-19(17-9-6-5-7-10-17)18-13-11-16(12-14-18)15(2)3/h8,11-15,17H,4-7,9-10H2,1-3H3. The van der Waals surface area contributed by atoms with Crippen molar-refractivity contribution in [3.05, 3.63) is 41.5 Å². The minimum Gasteiger partial charge on any atom is -0.0807 e. The third-order valence-electron chi connectivity index (χ3n) is 4.38. The molecular formula is C19H28. The van der Waals surface area contributed by atoms with Gasteiger partial charge in [-0.25, -0.2) is 0 Å². The van der Waals surface area contributed by atoms with Gasteiger partial charge in [-0.2, -0.15) is 0 Å². The molecular weight excluding hydrogens is 228 g/mol. The molecule has 104 valence electrons. The molecule has 0 heterocycles. The van der Waals surface area contributed by atoms with Crippen molar-refractivity contribution >= 4 is 5.57 Å². The van der Waals surface area contributed by atoms with E-state index in [0.29, 0.717) is 5.92 Å². The second kappa shape index (κ2) is 6.93. The summed E-state index contributed by atoms with van der Waals surface area (Å²) >= 11 is 0. The van der Waals surface area contributed by atoms with Crippen molar-refractivity contribution in [1.82, 2.24) is 0 Å². The van der Waals surface area contributed by atoms with Crippen LogP contribution in [0.3, 0.4) is 0 Å². The molecule has 19 heavy (non-hydrogen) atoms. The zero-order chi connectivity index (χ0) is 13.7. The van der Waals surface area contributed by atoms with Gasteiger partial charge >= 0.3 is 0 Å². The Morgan fingerprint density at radius 1 is 1.11 bits per heavy atom. The fourth-order valence-electron chi connectivity index (χ4n) is 3.21. The van der Waals surface area contributed by atoms with Gasteiger partial charge in [0.15, 0.2) is 0 Å². The van der Waals surface area contributed by atoms with Crippen LogP contribution < -0.4 is 0 Å². The highest BCUT2D eigenvalue weighted by Crippen LogP contribution is 2.36. The highest BCUT2D eigenvalue weighted by Gasteiger charge is 2.18. The summed E-state index contributed by atoms with van der Waals surface area (Å²) in [5.41, 5.74) is 4.51. The number of hydrogen-bond donors (Lipinski definition) is 0. The average Bonchev–Trinajstić information content (AvgIpc) is 2.46. The van der Waals surface area contributed by atoms with E-state index in [1.54, 1.807) is 5.57 Å². The van der Waals surface area contributed by atoms with E-state index in [1.807, 2.05) is 0 Å². The van der Waals surface area contributed by atoms with Crippen LogP contribution in [0.15, 0.2) is 30.3 Å². The van der Waals surface area contributed by atoms with Gasteiger partial charge in [0.2, 0.25) is 0 Å². The van der Waals surface area contributed by atoms with Crippen LogP contribution in [0.25, 0.3) is 5.57 Å². The Hall–Kier alpha value is -1.04. The van der Waals surface area contributed by atoms with E-state index in [-0.39, 0.29) is 0 Å². The topological polar surface area (TPSA) is 0 Å². The minimum absolute atomic E-state index is 0.627. The predicted octanol–water partition coefficient (Wildman–Crippen LogP) is 6.18. The first-order valence-corrected chi connectivity index (χ1v) is 8.02. The molecule has 0 bridgehead atoms. The predicted molar refractivity (Wildman–Crippen MR) is 85.4 cm³/mol. The summed E-state index contributed by atoms with van der Waals surface area (Å²) < 4.78 is 0. The van der Waals surface area contributed by atoms with E-state index < -0.39 is 0 Å². The summed E-state index contributed by atoms with van der Waals surface area (Å²) in [6.45, 7) is 6.78. The molecule has 1 aliphatic carbocycles. The lowest BCUT2D eigenvalue weighted by Gasteiger charge is -2.25. The SMILES string of the molecule is CCC=C(c1ccc(C(C)C)cc1)C1CCCCC1. The van der Waals surface area contributed by atoms with Crippen LogP contribution in [0, 0.1) is 5.92 Å². The van der Waals surface area contributed by atoms with Crippen LogP contribution in [-0.2, 0) is 0 Å². The second-order valence-corrected chi connectivity index (χ2v) is 6.18. The van der Waals surface area contributed by atoms with Crippen LogP contribution in [0.4, 0.5) is 0 Å². The zero-order valence-electron chi connectivity index (χ0n) is 12.8. The van der Waals surface area contributed by atoms with Gasteiger partial charge in [0, 0.05) is 0 Å². The first-order valence-electron chi connectivity index (χ1n) is 8.02. The molecule has 1 aromatic rings. The minimum atomic E-state index is 0.627. The number of benzene rings is 1. The van der Waals surface area contributed by atoms with Gasteiger partial charge in [0.25, 0.3) is 0 Å². The van der Waals surface area contributed by atoms with E-state index in [1.165, 1.54) is 43.2 Å². The summed E-state index contributed by atoms with van der Waals surface area (Å²) in [5, 5.41) is 0. The van der Waals surface area contributed by atoms with E-state index in [4.69, 9.17) is 0 Å².